The fraction of sp³-hybridized carbons (Fsp3) is 0.250. The molecule has 2 atom stereocenters. The van der Waals surface area contributed by atoms with Gasteiger partial charge in [-0.3, -0.25) is 9.59 Å². The van der Waals surface area contributed by atoms with E-state index in [9.17, 15) is 14.4 Å². The molecule has 1 saturated carbocycles. The van der Waals surface area contributed by atoms with Crippen molar-refractivity contribution in [2.75, 3.05) is 4.90 Å². The number of rotatable bonds is 2. The molecule has 2 amide bonds. The van der Waals surface area contributed by atoms with Crippen molar-refractivity contribution >= 4 is 39.4 Å². The monoisotopic (exact) mass is 309 g/mol. The molecule has 1 saturated heterocycles. The average molecular weight is 310 g/mol. The zero-order valence-electron chi connectivity index (χ0n) is 9.09. The van der Waals surface area contributed by atoms with Crippen molar-refractivity contribution in [3.05, 3.63) is 28.2 Å². The van der Waals surface area contributed by atoms with E-state index in [4.69, 9.17) is 5.11 Å². The minimum absolute atomic E-state index is 0.0422. The molecule has 3 rings (SSSR count). The SMILES string of the molecule is O=C(O)c1cc(Br)cc(N2C(=O)C3CC3C2=O)c1. The van der Waals surface area contributed by atoms with Gasteiger partial charge in [-0.1, -0.05) is 15.9 Å². The molecule has 2 fully saturated rings. The predicted molar refractivity (Wildman–Crippen MR) is 65.2 cm³/mol. The maximum Gasteiger partial charge on any atom is 0.335 e. The molecule has 5 nitrogen and oxygen atoms in total. The van der Waals surface area contributed by atoms with Crippen LogP contribution in [0.1, 0.15) is 16.8 Å². The quantitative estimate of drug-likeness (QED) is 0.843. The highest BCUT2D eigenvalue weighted by Crippen LogP contribution is 2.48. The van der Waals surface area contributed by atoms with Gasteiger partial charge in [0.25, 0.3) is 0 Å². The summed E-state index contributed by atoms with van der Waals surface area (Å²) in [6, 6.07) is 4.35. The molecular formula is C12H8BrNO4. The molecule has 1 N–H and O–H groups in total. The Balaban J connectivity index is 2.04. The number of aromatic carboxylic acids is 1. The first-order valence-electron chi connectivity index (χ1n) is 5.41. The summed E-state index contributed by atoms with van der Waals surface area (Å²) in [5.74, 6) is -1.92. The van der Waals surface area contributed by atoms with E-state index in [-0.39, 0.29) is 29.2 Å². The number of carbonyl (C=O) groups excluding carboxylic acids is 2. The number of fused-ring (bicyclic) bond motifs is 1. The highest BCUT2D eigenvalue weighted by Gasteiger charge is 2.59. The lowest BCUT2D eigenvalue weighted by molar-refractivity contribution is -0.123. The number of hydrogen-bond donors (Lipinski definition) is 1. The van der Waals surface area contributed by atoms with Crippen LogP contribution in [0, 0.1) is 11.8 Å². The third kappa shape index (κ3) is 1.56. The first-order chi connectivity index (χ1) is 8.49. The van der Waals surface area contributed by atoms with Crippen LogP contribution < -0.4 is 4.90 Å². The van der Waals surface area contributed by atoms with Crippen molar-refractivity contribution < 1.29 is 19.5 Å². The number of anilines is 1. The second-order valence-electron chi connectivity index (χ2n) is 4.46. The normalized spacial score (nSPS) is 25.3. The summed E-state index contributed by atoms with van der Waals surface area (Å²) >= 11 is 3.18. The van der Waals surface area contributed by atoms with E-state index in [0.717, 1.165) is 4.90 Å². The van der Waals surface area contributed by atoms with E-state index < -0.39 is 5.97 Å². The van der Waals surface area contributed by atoms with Gasteiger partial charge in [-0.05, 0) is 24.6 Å². The molecule has 1 aromatic rings. The van der Waals surface area contributed by atoms with Gasteiger partial charge >= 0.3 is 5.97 Å². The molecule has 1 aliphatic carbocycles. The zero-order chi connectivity index (χ0) is 13.0. The Morgan fingerprint density at radius 2 is 1.83 bits per heavy atom. The molecule has 0 aromatic heterocycles. The van der Waals surface area contributed by atoms with Gasteiger partial charge < -0.3 is 5.11 Å². The maximum atomic E-state index is 11.9. The number of nitrogens with zero attached hydrogens (tertiary/aromatic N) is 1. The third-order valence-electron chi connectivity index (χ3n) is 3.25. The first-order valence-corrected chi connectivity index (χ1v) is 6.20. The minimum Gasteiger partial charge on any atom is -0.478 e. The van der Waals surface area contributed by atoms with Gasteiger partial charge in [0, 0.05) is 4.47 Å². The van der Waals surface area contributed by atoms with Crippen LogP contribution in [-0.4, -0.2) is 22.9 Å². The molecule has 2 aliphatic rings. The van der Waals surface area contributed by atoms with Crippen molar-refractivity contribution in [1.29, 1.82) is 0 Å². The van der Waals surface area contributed by atoms with Gasteiger partial charge in [0.15, 0.2) is 0 Å². The number of carbonyl (C=O) groups is 3. The van der Waals surface area contributed by atoms with E-state index in [1.54, 1.807) is 6.07 Å². The molecule has 1 heterocycles. The average Bonchev–Trinajstić information content (AvgIpc) is 3.03. The Morgan fingerprint density at radius 3 is 2.39 bits per heavy atom. The Bertz CT molecular complexity index is 578. The molecule has 92 valence electrons. The largest absolute Gasteiger partial charge is 0.478 e. The Hall–Kier alpha value is -1.69. The molecule has 0 spiro atoms. The lowest BCUT2D eigenvalue weighted by Crippen LogP contribution is -2.32. The summed E-state index contributed by atoms with van der Waals surface area (Å²) in [6.45, 7) is 0. The van der Waals surface area contributed by atoms with Crippen LogP contribution in [0.3, 0.4) is 0 Å². The molecule has 18 heavy (non-hydrogen) atoms. The predicted octanol–water partition coefficient (Wildman–Crippen LogP) is 1.66. The van der Waals surface area contributed by atoms with Crippen molar-refractivity contribution in [2.24, 2.45) is 11.8 Å². The van der Waals surface area contributed by atoms with Crippen LogP contribution in [0.15, 0.2) is 22.7 Å². The number of amides is 2. The third-order valence-corrected chi connectivity index (χ3v) is 3.71. The highest BCUT2D eigenvalue weighted by atomic mass is 79.9. The molecule has 0 bridgehead atoms. The van der Waals surface area contributed by atoms with E-state index >= 15 is 0 Å². The summed E-state index contributed by atoms with van der Waals surface area (Å²) in [5, 5.41) is 8.96. The van der Waals surface area contributed by atoms with Gasteiger partial charge in [-0.15, -0.1) is 0 Å². The van der Waals surface area contributed by atoms with Crippen LogP contribution in [0.25, 0.3) is 0 Å². The zero-order valence-corrected chi connectivity index (χ0v) is 10.7. The minimum atomic E-state index is -1.10. The number of halogens is 1. The molecule has 0 radical (unpaired) electrons. The van der Waals surface area contributed by atoms with Gasteiger partial charge in [0.2, 0.25) is 11.8 Å². The second-order valence-corrected chi connectivity index (χ2v) is 5.38. The fourth-order valence-electron chi connectivity index (χ4n) is 2.26. The Kier molecular flexibility index (Phi) is 2.31. The first kappa shape index (κ1) is 11.4. The smallest absolute Gasteiger partial charge is 0.335 e. The van der Waals surface area contributed by atoms with Gasteiger partial charge in [0.05, 0.1) is 23.1 Å². The number of piperidine rings is 1. The fourth-order valence-corrected chi connectivity index (χ4v) is 2.74. The van der Waals surface area contributed by atoms with E-state index in [1.807, 2.05) is 0 Å². The van der Waals surface area contributed by atoms with E-state index in [0.29, 0.717) is 16.6 Å². The number of hydrogen-bond acceptors (Lipinski definition) is 3. The summed E-state index contributed by atoms with van der Waals surface area (Å²) < 4.78 is 0.526. The second kappa shape index (κ2) is 3.65. The molecule has 6 heteroatoms. The molecule has 1 aliphatic heterocycles. The maximum absolute atomic E-state index is 11.9. The van der Waals surface area contributed by atoms with Crippen LogP contribution in [-0.2, 0) is 9.59 Å². The molecular weight excluding hydrogens is 302 g/mol. The standard InChI is InChI=1S/C12H8BrNO4/c13-6-1-5(12(17)18)2-7(3-6)14-10(15)8-4-9(8)11(14)16/h1-3,8-9H,4H2,(H,17,18). The van der Waals surface area contributed by atoms with Crippen LogP contribution in [0.4, 0.5) is 5.69 Å². The van der Waals surface area contributed by atoms with Crippen LogP contribution in [0.2, 0.25) is 0 Å². The summed E-state index contributed by atoms with van der Waals surface area (Å²) in [5.41, 5.74) is 0.365. The van der Waals surface area contributed by atoms with Crippen molar-refractivity contribution in [2.45, 2.75) is 6.42 Å². The van der Waals surface area contributed by atoms with E-state index in [2.05, 4.69) is 15.9 Å². The summed E-state index contributed by atoms with van der Waals surface area (Å²) in [6.07, 6.45) is 0.633. The van der Waals surface area contributed by atoms with Gasteiger partial charge in [-0.25, -0.2) is 9.69 Å². The van der Waals surface area contributed by atoms with Crippen LogP contribution in [0.5, 0.6) is 0 Å². The molecule has 2 unspecified atom stereocenters. The van der Waals surface area contributed by atoms with Crippen molar-refractivity contribution in [1.82, 2.24) is 0 Å². The van der Waals surface area contributed by atoms with E-state index in [1.165, 1.54) is 12.1 Å². The number of carboxylic acids is 1. The Morgan fingerprint density at radius 1 is 1.22 bits per heavy atom. The summed E-state index contributed by atoms with van der Waals surface area (Å²) in [7, 11) is 0. The van der Waals surface area contributed by atoms with Gasteiger partial charge in [0.1, 0.15) is 0 Å². The summed E-state index contributed by atoms with van der Waals surface area (Å²) in [4.78, 5) is 35.8. The van der Waals surface area contributed by atoms with Crippen LogP contribution >= 0.6 is 15.9 Å². The van der Waals surface area contributed by atoms with Crippen molar-refractivity contribution in [3.63, 3.8) is 0 Å². The lowest BCUT2D eigenvalue weighted by atomic mass is 10.2. The lowest BCUT2D eigenvalue weighted by Gasteiger charge is -2.17. The Labute approximate surface area is 111 Å². The van der Waals surface area contributed by atoms with Gasteiger partial charge in [-0.2, -0.15) is 0 Å². The molecule has 1 aromatic carbocycles. The topological polar surface area (TPSA) is 74.7 Å². The number of imide groups is 1. The number of carboxylic acid groups (broad SMARTS) is 1. The van der Waals surface area contributed by atoms with Crippen molar-refractivity contribution in [3.8, 4) is 0 Å². The highest BCUT2D eigenvalue weighted by molar-refractivity contribution is 9.10. The number of benzene rings is 1.